The summed E-state index contributed by atoms with van der Waals surface area (Å²) >= 11 is 0. The lowest BCUT2D eigenvalue weighted by molar-refractivity contribution is -0.141. The first kappa shape index (κ1) is 14.4. The molecule has 0 aromatic carbocycles. The van der Waals surface area contributed by atoms with Crippen LogP contribution < -0.4 is 5.73 Å². The van der Waals surface area contributed by atoms with Crippen LogP contribution in [-0.4, -0.2) is 23.3 Å². The standard InChI is InChI=1S/C11H15F3N2O2/c1-7(2)16-6-8(15)5-9(16)10(17)18-4-3-11(12,13)14/h5-7H,3-4,15H2,1-2H3. The van der Waals surface area contributed by atoms with E-state index in [1.165, 1.54) is 6.07 Å². The number of nitrogen functional groups attached to an aromatic ring is 1. The van der Waals surface area contributed by atoms with E-state index < -0.39 is 25.2 Å². The summed E-state index contributed by atoms with van der Waals surface area (Å²) in [6.45, 7) is 2.96. The Morgan fingerprint density at radius 1 is 1.50 bits per heavy atom. The minimum atomic E-state index is -4.33. The molecule has 102 valence electrons. The van der Waals surface area contributed by atoms with E-state index in [2.05, 4.69) is 4.74 Å². The maximum atomic E-state index is 11.9. The molecule has 1 aromatic rings. The second-order valence-electron chi connectivity index (χ2n) is 4.16. The molecule has 0 aliphatic rings. The molecule has 0 radical (unpaired) electrons. The third kappa shape index (κ3) is 3.97. The Hall–Kier alpha value is -1.66. The number of nitrogens with two attached hydrogens (primary N) is 1. The van der Waals surface area contributed by atoms with Crippen LogP contribution in [0.25, 0.3) is 0 Å². The zero-order valence-corrected chi connectivity index (χ0v) is 10.1. The van der Waals surface area contributed by atoms with Crippen molar-refractivity contribution in [1.82, 2.24) is 4.57 Å². The van der Waals surface area contributed by atoms with Gasteiger partial charge in [0.15, 0.2) is 0 Å². The topological polar surface area (TPSA) is 57.2 Å². The number of anilines is 1. The Bertz CT molecular complexity index is 424. The van der Waals surface area contributed by atoms with E-state index in [4.69, 9.17) is 5.73 Å². The Kier molecular flexibility index (Phi) is 4.26. The highest BCUT2D eigenvalue weighted by molar-refractivity contribution is 5.89. The average Bonchev–Trinajstić information content (AvgIpc) is 2.58. The molecule has 1 heterocycles. The van der Waals surface area contributed by atoms with Crippen molar-refractivity contribution in [2.24, 2.45) is 0 Å². The summed E-state index contributed by atoms with van der Waals surface area (Å²) in [5.41, 5.74) is 6.07. The fourth-order valence-corrected chi connectivity index (χ4v) is 1.42. The Labute approximate surface area is 103 Å². The summed E-state index contributed by atoms with van der Waals surface area (Å²) < 4.78 is 41.8. The molecule has 0 bridgehead atoms. The van der Waals surface area contributed by atoms with Gasteiger partial charge in [-0.2, -0.15) is 13.2 Å². The van der Waals surface area contributed by atoms with Crippen LogP contribution in [0, 0.1) is 0 Å². The lowest BCUT2D eigenvalue weighted by Gasteiger charge is -2.12. The van der Waals surface area contributed by atoms with E-state index in [1.807, 2.05) is 13.8 Å². The predicted molar refractivity (Wildman–Crippen MR) is 60.2 cm³/mol. The molecule has 4 nitrogen and oxygen atoms in total. The van der Waals surface area contributed by atoms with Gasteiger partial charge in [-0.3, -0.25) is 0 Å². The lowest BCUT2D eigenvalue weighted by atomic mass is 10.3. The maximum absolute atomic E-state index is 11.9. The number of hydrogen-bond donors (Lipinski definition) is 1. The van der Waals surface area contributed by atoms with E-state index in [1.54, 1.807) is 10.8 Å². The monoisotopic (exact) mass is 264 g/mol. The van der Waals surface area contributed by atoms with E-state index in [-0.39, 0.29) is 11.7 Å². The van der Waals surface area contributed by atoms with Crippen molar-refractivity contribution in [2.75, 3.05) is 12.3 Å². The van der Waals surface area contributed by atoms with Crippen molar-refractivity contribution >= 4 is 11.7 Å². The quantitative estimate of drug-likeness (QED) is 0.851. The molecule has 2 N–H and O–H groups in total. The highest BCUT2D eigenvalue weighted by atomic mass is 19.4. The van der Waals surface area contributed by atoms with Gasteiger partial charge < -0.3 is 15.0 Å². The SMILES string of the molecule is CC(C)n1cc(N)cc1C(=O)OCCC(F)(F)F. The van der Waals surface area contributed by atoms with Crippen LogP contribution >= 0.6 is 0 Å². The van der Waals surface area contributed by atoms with Crippen LogP contribution in [0.2, 0.25) is 0 Å². The number of halogens is 3. The molecule has 0 saturated carbocycles. The number of rotatable bonds is 4. The fourth-order valence-electron chi connectivity index (χ4n) is 1.42. The second-order valence-corrected chi connectivity index (χ2v) is 4.16. The van der Waals surface area contributed by atoms with Crippen LogP contribution in [0.3, 0.4) is 0 Å². The second kappa shape index (κ2) is 5.32. The van der Waals surface area contributed by atoms with E-state index in [0.717, 1.165) is 0 Å². The fraction of sp³-hybridized carbons (Fsp3) is 0.545. The van der Waals surface area contributed by atoms with E-state index >= 15 is 0 Å². The van der Waals surface area contributed by atoms with Gasteiger partial charge in [0.05, 0.1) is 12.1 Å². The number of carbonyl (C=O) groups excluding carboxylic acids is 1. The number of esters is 1. The number of nitrogens with zero attached hydrogens (tertiary/aromatic N) is 1. The number of alkyl halides is 3. The van der Waals surface area contributed by atoms with Gasteiger partial charge in [0, 0.05) is 12.2 Å². The zero-order chi connectivity index (χ0) is 13.9. The smallest absolute Gasteiger partial charge is 0.392 e. The largest absolute Gasteiger partial charge is 0.461 e. The van der Waals surface area contributed by atoms with Gasteiger partial charge in [-0.1, -0.05) is 0 Å². The molecular formula is C11H15F3N2O2. The third-order valence-electron chi connectivity index (χ3n) is 2.25. The van der Waals surface area contributed by atoms with Crippen molar-refractivity contribution in [3.63, 3.8) is 0 Å². The molecule has 1 aromatic heterocycles. The first-order chi connectivity index (χ1) is 8.20. The van der Waals surface area contributed by atoms with Gasteiger partial charge in [-0.15, -0.1) is 0 Å². The molecule has 1 rings (SSSR count). The van der Waals surface area contributed by atoms with Crippen molar-refractivity contribution in [3.8, 4) is 0 Å². The number of ether oxygens (including phenoxy) is 1. The molecule has 0 saturated heterocycles. The van der Waals surface area contributed by atoms with Crippen LogP contribution in [0.15, 0.2) is 12.3 Å². The van der Waals surface area contributed by atoms with Gasteiger partial charge in [0.2, 0.25) is 0 Å². The molecule has 0 fully saturated rings. The van der Waals surface area contributed by atoms with Crippen LogP contribution in [0.1, 0.15) is 36.8 Å². The van der Waals surface area contributed by atoms with Gasteiger partial charge >= 0.3 is 12.1 Å². The third-order valence-corrected chi connectivity index (χ3v) is 2.25. The molecule has 0 amide bonds. The van der Waals surface area contributed by atoms with Crippen LogP contribution in [0.5, 0.6) is 0 Å². The highest BCUT2D eigenvalue weighted by Gasteiger charge is 2.27. The first-order valence-electron chi connectivity index (χ1n) is 5.42. The van der Waals surface area contributed by atoms with Gasteiger partial charge in [-0.05, 0) is 19.9 Å². The summed E-state index contributed by atoms with van der Waals surface area (Å²) in [5.74, 6) is -0.801. The first-order valence-corrected chi connectivity index (χ1v) is 5.42. The molecule has 0 atom stereocenters. The van der Waals surface area contributed by atoms with Gasteiger partial charge in [0.25, 0.3) is 0 Å². The molecule has 7 heteroatoms. The van der Waals surface area contributed by atoms with Crippen LogP contribution in [0.4, 0.5) is 18.9 Å². The summed E-state index contributed by atoms with van der Waals surface area (Å²) in [6.07, 6.45) is -3.94. The van der Waals surface area contributed by atoms with Crippen molar-refractivity contribution in [3.05, 3.63) is 18.0 Å². The molecular weight excluding hydrogens is 249 g/mol. The average molecular weight is 264 g/mol. The minimum Gasteiger partial charge on any atom is -0.461 e. The van der Waals surface area contributed by atoms with Crippen molar-refractivity contribution in [1.29, 1.82) is 0 Å². The predicted octanol–water partition coefficient (Wildman–Crippen LogP) is 2.76. The number of hydrogen-bond acceptors (Lipinski definition) is 3. The molecule has 0 unspecified atom stereocenters. The summed E-state index contributed by atoms with van der Waals surface area (Å²) in [7, 11) is 0. The molecule has 0 spiro atoms. The Morgan fingerprint density at radius 3 is 2.61 bits per heavy atom. The molecule has 18 heavy (non-hydrogen) atoms. The maximum Gasteiger partial charge on any atom is 0.392 e. The Balaban J connectivity index is 2.67. The van der Waals surface area contributed by atoms with Crippen LogP contribution in [-0.2, 0) is 4.74 Å². The molecule has 0 aliphatic heterocycles. The molecule has 0 aliphatic carbocycles. The summed E-state index contributed by atoms with van der Waals surface area (Å²) in [5, 5.41) is 0. The Morgan fingerprint density at radius 2 is 2.11 bits per heavy atom. The van der Waals surface area contributed by atoms with E-state index in [0.29, 0.717) is 5.69 Å². The van der Waals surface area contributed by atoms with E-state index in [9.17, 15) is 18.0 Å². The number of aromatic nitrogens is 1. The summed E-state index contributed by atoms with van der Waals surface area (Å²) in [4.78, 5) is 11.6. The lowest BCUT2D eigenvalue weighted by Crippen LogP contribution is -2.17. The van der Waals surface area contributed by atoms with Gasteiger partial charge in [-0.25, -0.2) is 4.79 Å². The van der Waals surface area contributed by atoms with Gasteiger partial charge in [0.1, 0.15) is 12.3 Å². The highest BCUT2D eigenvalue weighted by Crippen LogP contribution is 2.20. The van der Waals surface area contributed by atoms with Crippen molar-refractivity contribution in [2.45, 2.75) is 32.5 Å². The normalized spacial score (nSPS) is 11.9. The zero-order valence-electron chi connectivity index (χ0n) is 10.1. The van der Waals surface area contributed by atoms with Crippen molar-refractivity contribution < 1.29 is 22.7 Å². The summed E-state index contributed by atoms with van der Waals surface area (Å²) in [6, 6.07) is 1.35. The minimum absolute atomic E-state index is 0.0348. The number of carbonyl (C=O) groups is 1.